The van der Waals surface area contributed by atoms with E-state index in [0.29, 0.717) is 18.1 Å². The molecule has 3 nitrogen and oxygen atoms in total. The standard InChI is InChI=1S/C18H26N2O/c1-12-7-8-13(2)17(9-12)18(21)19-14-10-15-5-4-6-16(11-14)20(15)3/h7-9,14-16H,4-6,10-11H2,1-3H3,(H,19,21). The summed E-state index contributed by atoms with van der Waals surface area (Å²) >= 11 is 0. The number of nitrogens with one attached hydrogen (secondary N) is 1. The lowest BCUT2D eigenvalue weighted by Crippen LogP contribution is -2.55. The third-order valence-electron chi connectivity index (χ3n) is 5.31. The largest absolute Gasteiger partial charge is 0.349 e. The van der Waals surface area contributed by atoms with E-state index in [4.69, 9.17) is 0 Å². The fourth-order valence-electron chi connectivity index (χ4n) is 3.98. The van der Waals surface area contributed by atoms with Gasteiger partial charge in [0.25, 0.3) is 5.91 Å². The highest BCUT2D eigenvalue weighted by Crippen LogP contribution is 2.32. The van der Waals surface area contributed by atoms with Crippen LogP contribution in [0.3, 0.4) is 0 Å². The molecule has 3 rings (SSSR count). The number of aryl methyl sites for hydroxylation is 2. The Morgan fingerprint density at radius 1 is 1.19 bits per heavy atom. The Morgan fingerprint density at radius 3 is 2.52 bits per heavy atom. The van der Waals surface area contributed by atoms with E-state index < -0.39 is 0 Å². The van der Waals surface area contributed by atoms with E-state index in [9.17, 15) is 4.79 Å². The maximum absolute atomic E-state index is 12.6. The van der Waals surface area contributed by atoms with Gasteiger partial charge in [-0.2, -0.15) is 0 Å². The van der Waals surface area contributed by atoms with Crippen LogP contribution in [-0.4, -0.2) is 36.0 Å². The van der Waals surface area contributed by atoms with Gasteiger partial charge in [0.15, 0.2) is 0 Å². The van der Waals surface area contributed by atoms with E-state index in [2.05, 4.69) is 23.3 Å². The molecule has 2 aliphatic rings. The molecule has 2 unspecified atom stereocenters. The Bertz CT molecular complexity index is 526. The average molecular weight is 286 g/mol. The highest BCUT2D eigenvalue weighted by Gasteiger charge is 2.36. The number of carbonyl (C=O) groups is 1. The molecule has 2 atom stereocenters. The Morgan fingerprint density at radius 2 is 1.86 bits per heavy atom. The van der Waals surface area contributed by atoms with Crippen LogP contribution < -0.4 is 5.32 Å². The van der Waals surface area contributed by atoms with Crippen LogP contribution in [0.25, 0.3) is 0 Å². The summed E-state index contributed by atoms with van der Waals surface area (Å²) in [6.45, 7) is 4.05. The van der Waals surface area contributed by atoms with Crippen molar-refractivity contribution >= 4 is 5.91 Å². The molecule has 1 amide bonds. The van der Waals surface area contributed by atoms with Gasteiger partial charge in [0.1, 0.15) is 0 Å². The first-order valence-electron chi connectivity index (χ1n) is 8.14. The number of carbonyl (C=O) groups excluding carboxylic acids is 1. The van der Waals surface area contributed by atoms with E-state index in [1.54, 1.807) is 0 Å². The smallest absolute Gasteiger partial charge is 0.251 e. The maximum atomic E-state index is 12.6. The minimum Gasteiger partial charge on any atom is -0.349 e. The second kappa shape index (κ2) is 5.80. The van der Waals surface area contributed by atoms with Gasteiger partial charge in [-0.3, -0.25) is 4.79 Å². The van der Waals surface area contributed by atoms with Crippen LogP contribution in [0.4, 0.5) is 0 Å². The predicted molar refractivity (Wildman–Crippen MR) is 85.6 cm³/mol. The molecule has 1 aromatic rings. The molecule has 0 radical (unpaired) electrons. The number of rotatable bonds is 2. The van der Waals surface area contributed by atoms with Crippen LogP contribution in [0.2, 0.25) is 0 Å². The van der Waals surface area contributed by atoms with E-state index in [1.165, 1.54) is 19.3 Å². The minimum absolute atomic E-state index is 0.101. The van der Waals surface area contributed by atoms with Crippen molar-refractivity contribution in [3.8, 4) is 0 Å². The summed E-state index contributed by atoms with van der Waals surface area (Å²) in [6, 6.07) is 7.74. The highest BCUT2D eigenvalue weighted by atomic mass is 16.1. The summed E-state index contributed by atoms with van der Waals surface area (Å²) < 4.78 is 0. The summed E-state index contributed by atoms with van der Waals surface area (Å²) in [4.78, 5) is 15.1. The van der Waals surface area contributed by atoms with Crippen LogP contribution >= 0.6 is 0 Å². The number of piperidine rings is 2. The lowest BCUT2D eigenvalue weighted by atomic mass is 9.82. The molecular formula is C18H26N2O. The van der Waals surface area contributed by atoms with Crippen LogP contribution in [0.5, 0.6) is 0 Å². The summed E-state index contributed by atoms with van der Waals surface area (Å²) in [5.41, 5.74) is 3.04. The van der Waals surface area contributed by atoms with Crippen molar-refractivity contribution in [2.75, 3.05) is 7.05 Å². The third-order valence-corrected chi connectivity index (χ3v) is 5.31. The Balaban J connectivity index is 1.69. The molecule has 2 bridgehead atoms. The molecule has 114 valence electrons. The van der Waals surface area contributed by atoms with Crippen molar-refractivity contribution in [3.05, 3.63) is 34.9 Å². The molecular weight excluding hydrogens is 260 g/mol. The van der Waals surface area contributed by atoms with Gasteiger partial charge in [-0.25, -0.2) is 0 Å². The zero-order chi connectivity index (χ0) is 15.0. The van der Waals surface area contributed by atoms with Crippen LogP contribution in [0, 0.1) is 13.8 Å². The predicted octanol–water partition coefficient (Wildman–Crippen LogP) is 3.05. The number of amides is 1. The minimum atomic E-state index is 0.101. The van der Waals surface area contributed by atoms with Crippen LogP contribution in [0.15, 0.2) is 18.2 Å². The Kier molecular flexibility index (Phi) is 4.03. The quantitative estimate of drug-likeness (QED) is 0.906. The number of benzene rings is 1. The first-order chi connectivity index (χ1) is 10.0. The lowest BCUT2D eigenvalue weighted by Gasteiger charge is -2.47. The second-order valence-corrected chi connectivity index (χ2v) is 6.86. The van der Waals surface area contributed by atoms with Gasteiger partial charge in [-0.05, 0) is 58.2 Å². The molecule has 2 aliphatic heterocycles. The van der Waals surface area contributed by atoms with Crippen molar-refractivity contribution in [2.45, 2.75) is 64.1 Å². The molecule has 3 heteroatoms. The summed E-state index contributed by atoms with van der Waals surface area (Å²) in [6.07, 6.45) is 6.11. The van der Waals surface area contributed by atoms with Crippen molar-refractivity contribution in [1.29, 1.82) is 0 Å². The van der Waals surface area contributed by atoms with E-state index in [-0.39, 0.29) is 5.91 Å². The first kappa shape index (κ1) is 14.6. The number of hydrogen-bond donors (Lipinski definition) is 1. The van der Waals surface area contributed by atoms with Crippen LogP contribution in [-0.2, 0) is 0 Å². The average Bonchev–Trinajstić information content (AvgIpc) is 2.42. The second-order valence-electron chi connectivity index (χ2n) is 6.86. The molecule has 0 spiro atoms. The monoisotopic (exact) mass is 286 g/mol. The molecule has 0 aliphatic carbocycles. The Labute approximate surface area is 127 Å². The number of nitrogens with zero attached hydrogens (tertiary/aromatic N) is 1. The molecule has 2 heterocycles. The lowest BCUT2D eigenvalue weighted by molar-refractivity contribution is 0.0463. The maximum Gasteiger partial charge on any atom is 0.251 e. The third kappa shape index (κ3) is 2.98. The molecule has 0 saturated carbocycles. The zero-order valence-corrected chi connectivity index (χ0v) is 13.4. The van der Waals surface area contributed by atoms with Crippen molar-refractivity contribution in [1.82, 2.24) is 10.2 Å². The van der Waals surface area contributed by atoms with Gasteiger partial charge < -0.3 is 10.2 Å². The van der Waals surface area contributed by atoms with Gasteiger partial charge in [0, 0.05) is 23.7 Å². The van der Waals surface area contributed by atoms with Crippen molar-refractivity contribution in [3.63, 3.8) is 0 Å². The first-order valence-corrected chi connectivity index (χ1v) is 8.14. The zero-order valence-electron chi connectivity index (χ0n) is 13.4. The van der Waals surface area contributed by atoms with E-state index in [1.807, 2.05) is 26.0 Å². The SMILES string of the molecule is Cc1ccc(C)c(C(=O)NC2CC3CCCC(C2)N3C)c1. The Hall–Kier alpha value is -1.35. The molecule has 0 aromatic heterocycles. The molecule has 2 saturated heterocycles. The van der Waals surface area contributed by atoms with Gasteiger partial charge in [-0.1, -0.05) is 24.1 Å². The number of fused-ring (bicyclic) bond motifs is 2. The molecule has 1 N–H and O–H groups in total. The number of hydrogen-bond acceptors (Lipinski definition) is 2. The van der Waals surface area contributed by atoms with Gasteiger partial charge in [0.2, 0.25) is 0 Å². The highest BCUT2D eigenvalue weighted by molar-refractivity contribution is 5.96. The normalized spacial score (nSPS) is 29.2. The summed E-state index contributed by atoms with van der Waals surface area (Å²) in [5, 5.41) is 3.29. The van der Waals surface area contributed by atoms with E-state index in [0.717, 1.165) is 29.5 Å². The van der Waals surface area contributed by atoms with Gasteiger partial charge in [-0.15, -0.1) is 0 Å². The van der Waals surface area contributed by atoms with E-state index >= 15 is 0 Å². The molecule has 21 heavy (non-hydrogen) atoms. The van der Waals surface area contributed by atoms with Gasteiger partial charge >= 0.3 is 0 Å². The fraction of sp³-hybridized carbons (Fsp3) is 0.611. The van der Waals surface area contributed by atoms with Crippen molar-refractivity contribution < 1.29 is 4.79 Å². The van der Waals surface area contributed by atoms with Crippen LogP contribution in [0.1, 0.15) is 53.6 Å². The molecule has 1 aromatic carbocycles. The fourth-order valence-corrected chi connectivity index (χ4v) is 3.98. The molecule has 2 fully saturated rings. The summed E-state index contributed by atoms with van der Waals surface area (Å²) in [5.74, 6) is 0.101. The van der Waals surface area contributed by atoms with Crippen molar-refractivity contribution in [2.24, 2.45) is 0 Å². The summed E-state index contributed by atoms with van der Waals surface area (Å²) in [7, 11) is 2.25. The van der Waals surface area contributed by atoms with Gasteiger partial charge in [0.05, 0.1) is 0 Å². The topological polar surface area (TPSA) is 32.3 Å².